The first-order valence-corrected chi connectivity index (χ1v) is 8.10. The topological polar surface area (TPSA) is 52.6 Å². The highest BCUT2D eigenvalue weighted by Crippen LogP contribution is 2.19. The van der Waals surface area contributed by atoms with Crippen LogP contribution in [0.4, 0.5) is 13.2 Å². The van der Waals surface area contributed by atoms with E-state index in [-0.39, 0.29) is 22.8 Å². The molecule has 0 saturated heterocycles. The number of halogens is 3. The van der Waals surface area contributed by atoms with E-state index in [9.17, 15) is 22.8 Å². The number of carbonyl (C=O) groups excluding carboxylic acids is 2. The zero-order chi connectivity index (χ0) is 20.1. The van der Waals surface area contributed by atoms with Crippen LogP contribution in [0.3, 0.4) is 0 Å². The third kappa shape index (κ3) is 4.76. The zero-order valence-electron chi connectivity index (χ0n) is 14.3. The lowest BCUT2D eigenvalue weighted by Crippen LogP contribution is -2.09. The second kappa shape index (κ2) is 8.39. The number of ether oxygens (including phenoxy) is 2. The van der Waals surface area contributed by atoms with Gasteiger partial charge in [-0.25, -0.2) is 9.18 Å². The highest BCUT2D eigenvalue weighted by molar-refractivity contribution is 6.09. The molecule has 3 aromatic carbocycles. The van der Waals surface area contributed by atoms with Gasteiger partial charge in [-0.05, 0) is 72.8 Å². The molecule has 0 aliphatic heterocycles. The SMILES string of the molecule is O=C(Oc1ccc(C(=O)c2ccc(F)cc2)cc1)c1ccc(OC(F)F)cc1. The Morgan fingerprint density at radius 2 is 1.14 bits per heavy atom. The second-order valence-corrected chi connectivity index (χ2v) is 5.65. The molecule has 0 aliphatic rings. The summed E-state index contributed by atoms with van der Waals surface area (Å²) in [5, 5.41) is 0. The number of alkyl halides is 2. The Kier molecular flexibility index (Phi) is 5.74. The van der Waals surface area contributed by atoms with Crippen LogP contribution >= 0.6 is 0 Å². The van der Waals surface area contributed by atoms with Crippen LogP contribution in [0.15, 0.2) is 72.8 Å². The van der Waals surface area contributed by atoms with E-state index in [1.54, 1.807) is 0 Å². The minimum atomic E-state index is -2.95. The van der Waals surface area contributed by atoms with Gasteiger partial charge in [-0.15, -0.1) is 0 Å². The van der Waals surface area contributed by atoms with E-state index in [1.807, 2.05) is 0 Å². The number of benzene rings is 3. The quantitative estimate of drug-likeness (QED) is 0.344. The molecule has 0 unspecified atom stereocenters. The first kappa shape index (κ1) is 19.2. The Hall–Kier alpha value is -3.61. The summed E-state index contributed by atoms with van der Waals surface area (Å²) in [5.41, 5.74) is 0.824. The Bertz CT molecular complexity index is 966. The van der Waals surface area contributed by atoms with E-state index in [0.29, 0.717) is 11.1 Å². The predicted molar refractivity (Wildman–Crippen MR) is 94.3 cm³/mol. The van der Waals surface area contributed by atoms with Gasteiger partial charge in [0.05, 0.1) is 5.56 Å². The fraction of sp³-hybridized carbons (Fsp3) is 0.0476. The van der Waals surface area contributed by atoms with Crippen LogP contribution in [0, 0.1) is 5.82 Å². The summed E-state index contributed by atoms with van der Waals surface area (Å²) in [6.45, 7) is -2.95. The summed E-state index contributed by atoms with van der Waals surface area (Å²) in [6, 6.07) is 16.1. The normalized spacial score (nSPS) is 10.6. The molecule has 0 radical (unpaired) electrons. The van der Waals surface area contributed by atoms with Crippen LogP contribution in [-0.2, 0) is 0 Å². The molecular formula is C21H13F3O4. The average Bonchev–Trinajstić information content (AvgIpc) is 2.69. The number of esters is 1. The maximum absolute atomic E-state index is 12.9. The minimum absolute atomic E-state index is 0.0739. The molecule has 0 amide bonds. The molecule has 3 aromatic rings. The molecule has 0 atom stereocenters. The van der Waals surface area contributed by atoms with E-state index < -0.39 is 18.4 Å². The van der Waals surface area contributed by atoms with Crippen molar-refractivity contribution in [2.75, 3.05) is 0 Å². The van der Waals surface area contributed by atoms with E-state index in [0.717, 1.165) is 0 Å². The summed E-state index contributed by atoms with van der Waals surface area (Å²) >= 11 is 0. The van der Waals surface area contributed by atoms with Crippen LogP contribution in [0.5, 0.6) is 11.5 Å². The molecule has 0 N–H and O–H groups in total. The number of rotatable bonds is 6. The van der Waals surface area contributed by atoms with Crippen LogP contribution in [0.25, 0.3) is 0 Å². The second-order valence-electron chi connectivity index (χ2n) is 5.65. The van der Waals surface area contributed by atoms with Gasteiger partial charge in [0.25, 0.3) is 0 Å². The largest absolute Gasteiger partial charge is 0.435 e. The average molecular weight is 386 g/mol. The number of ketones is 1. The summed E-state index contributed by atoms with van der Waals surface area (Å²) in [7, 11) is 0. The summed E-state index contributed by atoms with van der Waals surface area (Å²) in [5.74, 6) is -1.30. The molecule has 0 aromatic heterocycles. The Balaban J connectivity index is 1.65. The van der Waals surface area contributed by atoms with Crippen molar-refractivity contribution in [3.8, 4) is 11.5 Å². The maximum Gasteiger partial charge on any atom is 0.387 e. The molecule has 3 rings (SSSR count). The van der Waals surface area contributed by atoms with Gasteiger partial charge in [-0.1, -0.05) is 0 Å². The van der Waals surface area contributed by atoms with Gasteiger partial charge in [0.1, 0.15) is 17.3 Å². The molecule has 0 spiro atoms. The molecule has 0 heterocycles. The lowest BCUT2D eigenvalue weighted by molar-refractivity contribution is -0.0498. The van der Waals surface area contributed by atoms with Crippen molar-refractivity contribution in [3.05, 3.63) is 95.3 Å². The highest BCUT2D eigenvalue weighted by Gasteiger charge is 2.12. The van der Waals surface area contributed by atoms with Gasteiger partial charge in [0, 0.05) is 11.1 Å². The van der Waals surface area contributed by atoms with Crippen LogP contribution < -0.4 is 9.47 Å². The van der Waals surface area contributed by atoms with Gasteiger partial charge in [0.15, 0.2) is 5.78 Å². The lowest BCUT2D eigenvalue weighted by Gasteiger charge is -2.07. The Morgan fingerprint density at radius 1 is 0.679 bits per heavy atom. The standard InChI is InChI=1S/C21H13F3O4/c22-16-7-1-13(2-8-16)19(25)14-3-9-17(10-4-14)27-20(26)15-5-11-18(12-6-15)28-21(23)24/h1-12,21H. The van der Waals surface area contributed by atoms with Crippen LogP contribution in [0.1, 0.15) is 26.3 Å². The zero-order valence-corrected chi connectivity index (χ0v) is 14.3. The van der Waals surface area contributed by atoms with Gasteiger partial charge >= 0.3 is 12.6 Å². The van der Waals surface area contributed by atoms with Gasteiger partial charge in [-0.3, -0.25) is 4.79 Å². The fourth-order valence-corrected chi connectivity index (χ4v) is 2.38. The van der Waals surface area contributed by atoms with E-state index in [4.69, 9.17) is 4.74 Å². The summed E-state index contributed by atoms with van der Waals surface area (Å²) in [4.78, 5) is 24.4. The Morgan fingerprint density at radius 3 is 1.68 bits per heavy atom. The van der Waals surface area contributed by atoms with Crippen molar-refractivity contribution in [1.29, 1.82) is 0 Å². The van der Waals surface area contributed by atoms with Crippen molar-refractivity contribution < 1.29 is 32.2 Å². The van der Waals surface area contributed by atoms with Crippen LogP contribution in [-0.4, -0.2) is 18.4 Å². The summed E-state index contributed by atoms with van der Waals surface area (Å²) < 4.78 is 46.6. The van der Waals surface area contributed by atoms with Crippen molar-refractivity contribution in [1.82, 2.24) is 0 Å². The molecule has 142 valence electrons. The summed E-state index contributed by atoms with van der Waals surface area (Å²) in [6.07, 6.45) is 0. The van der Waals surface area contributed by atoms with Crippen molar-refractivity contribution in [2.24, 2.45) is 0 Å². The molecule has 0 saturated carbocycles. The molecule has 28 heavy (non-hydrogen) atoms. The molecule has 0 aliphatic carbocycles. The molecule has 7 heteroatoms. The smallest absolute Gasteiger partial charge is 0.387 e. The van der Waals surface area contributed by atoms with Crippen molar-refractivity contribution in [3.63, 3.8) is 0 Å². The number of hydrogen-bond acceptors (Lipinski definition) is 4. The highest BCUT2D eigenvalue weighted by atomic mass is 19.3. The van der Waals surface area contributed by atoms with Gasteiger partial charge < -0.3 is 9.47 Å². The Labute approximate surface area is 158 Å². The monoisotopic (exact) mass is 386 g/mol. The van der Waals surface area contributed by atoms with Crippen LogP contribution in [0.2, 0.25) is 0 Å². The van der Waals surface area contributed by atoms with Crippen molar-refractivity contribution >= 4 is 11.8 Å². The predicted octanol–water partition coefficient (Wildman–Crippen LogP) is 4.88. The van der Waals surface area contributed by atoms with Crippen molar-refractivity contribution in [2.45, 2.75) is 6.61 Å². The minimum Gasteiger partial charge on any atom is -0.435 e. The van der Waals surface area contributed by atoms with E-state index >= 15 is 0 Å². The third-order valence-electron chi connectivity index (χ3n) is 3.75. The first-order valence-electron chi connectivity index (χ1n) is 8.10. The van der Waals surface area contributed by atoms with Gasteiger partial charge in [0.2, 0.25) is 0 Å². The molecular weight excluding hydrogens is 373 g/mol. The number of carbonyl (C=O) groups is 2. The van der Waals surface area contributed by atoms with E-state index in [1.165, 1.54) is 72.8 Å². The first-order chi connectivity index (χ1) is 13.4. The number of hydrogen-bond donors (Lipinski definition) is 0. The molecule has 4 nitrogen and oxygen atoms in total. The van der Waals surface area contributed by atoms with Gasteiger partial charge in [-0.2, -0.15) is 8.78 Å². The third-order valence-corrected chi connectivity index (χ3v) is 3.75. The fourth-order valence-electron chi connectivity index (χ4n) is 2.38. The lowest BCUT2D eigenvalue weighted by atomic mass is 10.0. The van der Waals surface area contributed by atoms with E-state index in [2.05, 4.69) is 4.74 Å². The maximum atomic E-state index is 12.9. The molecule has 0 bridgehead atoms. The molecule has 0 fully saturated rings.